The van der Waals surface area contributed by atoms with E-state index in [-0.39, 0.29) is 13.0 Å². The van der Waals surface area contributed by atoms with Crippen LogP contribution in [0.5, 0.6) is 0 Å². The Morgan fingerprint density at radius 1 is 1.57 bits per heavy atom. The van der Waals surface area contributed by atoms with Gasteiger partial charge in [-0.05, 0) is 13.8 Å². The second-order valence-corrected chi connectivity index (χ2v) is 3.20. The number of carbonyl (C=O) groups is 1. The molecule has 0 aliphatic heterocycles. The predicted octanol–water partition coefficient (Wildman–Crippen LogP) is -0.999. The Kier molecular flexibility index (Phi) is 7.31. The fourth-order valence-electron chi connectivity index (χ4n) is 1.11. The molecule has 0 heterocycles. The van der Waals surface area contributed by atoms with Crippen LogP contribution in [0.15, 0.2) is 0 Å². The first kappa shape index (κ1) is 13.3. The van der Waals surface area contributed by atoms with Crippen LogP contribution < -0.4 is 11.4 Å². The van der Waals surface area contributed by atoms with Crippen molar-refractivity contribution in [3.63, 3.8) is 0 Å². The highest BCUT2D eigenvalue weighted by atomic mass is 16.7. The van der Waals surface area contributed by atoms with Crippen LogP contribution in [0.1, 0.15) is 20.3 Å². The smallest absolute Gasteiger partial charge is 0.327 e. The zero-order valence-electron chi connectivity index (χ0n) is 8.69. The Morgan fingerprint density at radius 2 is 2.21 bits per heavy atom. The van der Waals surface area contributed by atoms with E-state index in [0.717, 1.165) is 0 Å². The standard InChI is InChI=1S/C8H19N3O3/c1-7(2)11(5-6-12)4-3-8(13)14-10-9/h7,10,12H,3-6,9H2,1-2H3. The van der Waals surface area contributed by atoms with Crippen molar-refractivity contribution >= 4 is 5.97 Å². The molecular formula is C8H19N3O3. The van der Waals surface area contributed by atoms with Gasteiger partial charge in [0.2, 0.25) is 0 Å². The number of nitrogens with two attached hydrogens (primary N) is 1. The Hall–Kier alpha value is -0.690. The van der Waals surface area contributed by atoms with E-state index in [0.29, 0.717) is 19.1 Å². The summed E-state index contributed by atoms with van der Waals surface area (Å²) in [4.78, 5) is 17.3. The van der Waals surface area contributed by atoms with Crippen molar-refractivity contribution in [3.05, 3.63) is 0 Å². The summed E-state index contributed by atoms with van der Waals surface area (Å²) < 4.78 is 0. The Balaban J connectivity index is 3.75. The molecule has 0 amide bonds. The molecule has 0 rings (SSSR count). The summed E-state index contributed by atoms with van der Waals surface area (Å²) in [6.07, 6.45) is 0.252. The summed E-state index contributed by atoms with van der Waals surface area (Å²) in [7, 11) is 0. The fraction of sp³-hybridized carbons (Fsp3) is 0.875. The molecule has 0 spiro atoms. The molecule has 0 saturated carbocycles. The van der Waals surface area contributed by atoms with Crippen molar-refractivity contribution in [2.24, 2.45) is 5.84 Å². The number of aliphatic hydroxyl groups is 1. The highest BCUT2D eigenvalue weighted by molar-refractivity contribution is 5.69. The largest absolute Gasteiger partial charge is 0.395 e. The molecule has 6 heteroatoms. The third-order valence-corrected chi connectivity index (χ3v) is 1.89. The van der Waals surface area contributed by atoms with Gasteiger partial charge in [-0.3, -0.25) is 9.69 Å². The molecule has 6 nitrogen and oxygen atoms in total. The summed E-state index contributed by atoms with van der Waals surface area (Å²) in [5.41, 5.74) is 1.83. The maximum Gasteiger partial charge on any atom is 0.327 e. The molecule has 14 heavy (non-hydrogen) atoms. The highest BCUT2D eigenvalue weighted by Crippen LogP contribution is 1.99. The van der Waals surface area contributed by atoms with E-state index in [1.54, 1.807) is 0 Å². The minimum atomic E-state index is -0.406. The molecule has 0 unspecified atom stereocenters. The van der Waals surface area contributed by atoms with Crippen molar-refractivity contribution in [3.8, 4) is 0 Å². The maximum atomic E-state index is 10.9. The van der Waals surface area contributed by atoms with Crippen LogP contribution in [0, 0.1) is 0 Å². The molecule has 0 aliphatic rings. The topological polar surface area (TPSA) is 87.8 Å². The van der Waals surface area contributed by atoms with Crippen molar-refractivity contribution < 1.29 is 14.7 Å². The second kappa shape index (κ2) is 7.69. The lowest BCUT2D eigenvalue weighted by Crippen LogP contribution is -2.36. The molecule has 0 aromatic heterocycles. The lowest BCUT2D eigenvalue weighted by Gasteiger charge is -2.24. The number of hydrogen-bond acceptors (Lipinski definition) is 6. The number of hydrogen-bond donors (Lipinski definition) is 3. The number of rotatable bonds is 7. The normalized spacial score (nSPS) is 11.0. The van der Waals surface area contributed by atoms with Gasteiger partial charge in [-0.2, -0.15) is 0 Å². The van der Waals surface area contributed by atoms with Crippen LogP contribution in [-0.4, -0.2) is 41.7 Å². The van der Waals surface area contributed by atoms with Crippen LogP contribution >= 0.6 is 0 Å². The van der Waals surface area contributed by atoms with Crippen molar-refractivity contribution in [1.82, 2.24) is 10.5 Å². The minimum Gasteiger partial charge on any atom is -0.395 e. The van der Waals surface area contributed by atoms with Crippen LogP contribution in [0.2, 0.25) is 0 Å². The molecule has 0 radical (unpaired) electrons. The first-order valence-electron chi connectivity index (χ1n) is 4.62. The van der Waals surface area contributed by atoms with Crippen molar-refractivity contribution in [2.75, 3.05) is 19.7 Å². The lowest BCUT2D eigenvalue weighted by atomic mass is 10.3. The van der Waals surface area contributed by atoms with E-state index >= 15 is 0 Å². The van der Waals surface area contributed by atoms with Gasteiger partial charge in [-0.1, -0.05) is 5.59 Å². The molecular weight excluding hydrogens is 186 g/mol. The third kappa shape index (κ3) is 5.87. The van der Waals surface area contributed by atoms with Gasteiger partial charge in [0.05, 0.1) is 13.0 Å². The third-order valence-electron chi connectivity index (χ3n) is 1.89. The molecule has 0 fully saturated rings. The average Bonchev–Trinajstić information content (AvgIpc) is 2.12. The van der Waals surface area contributed by atoms with Gasteiger partial charge in [0, 0.05) is 19.1 Å². The summed E-state index contributed by atoms with van der Waals surface area (Å²) in [5, 5.41) is 8.76. The van der Waals surface area contributed by atoms with Gasteiger partial charge >= 0.3 is 5.97 Å². The summed E-state index contributed by atoms with van der Waals surface area (Å²) >= 11 is 0. The number of nitrogens with one attached hydrogen (secondary N) is 1. The SMILES string of the molecule is CC(C)N(CCO)CCC(=O)ONN. The first-order chi connectivity index (χ1) is 6.61. The molecule has 0 atom stereocenters. The Labute approximate surface area is 83.9 Å². The summed E-state index contributed by atoms with van der Waals surface area (Å²) in [6.45, 7) is 5.20. The predicted molar refractivity (Wildman–Crippen MR) is 51.8 cm³/mol. The van der Waals surface area contributed by atoms with Gasteiger partial charge in [0.15, 0.2) is 0 Å². The molecule has 0 aromatic carbocycles. The van der Waals surface area contributed by atoms with Crippen LogP contribution in [0.3, 0.4) is 0 Å². The van der Waals surface area contributed by atoms with Gasteiger partial charge in [0.25, 0.3) is 0 Å². The van der Waals surface area contributed by atoms with Gasteiger partial charge in [0.1, 0.15) is 0 Å². The quantitative estimate of drug-likeness (QED) is 0.365. The minimum absolute atomic E-state index is 0.0857. The summed E-state index contributed by atoms with van der Waals surface area (Å²) in [6, 6.07) is 0.292. The first-order valence-corrected chi connectivity index (χ1v) is 4.62. The highest BCUT2D eigenvalue weighted by Gasteiger charge is 2.11. The second-order valence-electron chi connectivity index (χ2n) is 3.20. The van der Waals surface area contributed by atoms with Gasteiger partial charge < -0.3 is 9.94 Å². The van der Waals surface area contributed by atoms with E-state index in [4.69, 9.17) is 10.9 Å². The molecule has 0 aromatic rings. The van der Waals surface area contributed by atoms with Crippen LogP contribution in [0.4, 0.5) is 0 Å². The number of hydrazine groups is 1. The monoisotopic (exact) mass is 205 g/mol. The fourth-order valence-corrected chi connectivity index (χ4v) is 1.11. The van der Waals surface area contributed by atoms with Crippen LogP contribution in [-0.2, 0) is 9.63 Å². The number of carbonyl (C=O) groups excluding carboxylic acids is 1. The average molecular weight is 205 g/mol. The molecule has 0 aliphatic carbocycles. The van der Waals surface area contributed by atoms with E-state index in [9.17, 15) is 4.79 Å². The van der Waals surface area contributed by atoms with Gasteiger partial charge in [-0.15, -0.1) is 0 Å². The Morgan fingerprint density at radius 3 is 2.64 bits per heavy atom. The maximum absolute atomic E-state index is 10.9. The molecule has 84 valence electrons. The van der Waals surface area contributed by atoms with Crippen molar-refractivity contribution in [1.29, 1.82) is 0 Å². The van der Waals surface area contributed by atoms with E-state index in [1.165, 1.54) is 0 Å². The van der Waals surface area contributed by atoms with Crippen molar-refractivity contribution in [2.45, 2.75) is 26.3 Å². The number of aliphatic hydroxyl groups excluding tert-OH is 1. The van der Waals surface area contributed by atoms with E-state index in [2.05, 4.69) is 4.84 Å². The molecule has 0 saturated heterocycles. The lowest BCUT2D eigenvalue weighted by molar-refractivity contribution is -0.151. The summed E-state index contributed by atoms with van der Waals surface area (Å²) in [5.74, 6) is 4.40. The Bertz CT molecular complexity index is 164. The van der Waals surface area contributed by atoms with Gasteiger partial charge in [-0.25, -0.2) is 5.84 Å². The number of nitrogens with zero attached hydrogens (tertiary/aromatic N) is 1. The van der Waals surface area contributed by atoms with E-state index in [1.807, 2.05) is 24.3 Å². The molecule has 4 N–H and O–H groups in total. The molecule has 0 bridgehead atoms. The van der Waals surface area contributed by atoms with Crippen LogP contribution in [0.25, 0.3) is 0 Å². The van der Waals surface area contributed by atoms with E-state index < -0.39 is 5.97 Å². The zero-order chi connectivity index (χ0) is 11.0. The zero-order valence-corrected chi connectivity index (χ0v) is 8.69.